The summed E-state index contributed by atoms with van der Waals surface area (Å²) in [4.78, 5) is 49.0. The molecule has 4 rings (SSSR count). The standard InChI is InChI=1S/C29H32N4O6/c1-5-37-21-13-11-20(12-14-21)27(34)31-26-23(29(36)38-6-2)18-22-25(33(26)16-9-17-39-19(3)4)30-24-10-7-8-15-32(24)28(22)35/h7-8,10-15,18-19H,5-6,9,16-17H2,1-4H3. The van der Waals surface area contributed by atoms with Gasteiger partial charge in [0.1, 0.15) is 22.6 Å². The smallest absolute Gasteiger partial charge is 0.341 e. The Morgan fingerprint density at radius 3 is 2.51 bits per heavy atom. The van der Waals surface area contributed by atoms with Crippen LogP contribution in [0, 0.1) is 0 Å². The first-order valence-corrected chi connectivity index (χ1v) is 13.0. The van der Waals surface area contributed by atoms with Crippen molar-refractivity contribution in [1.82, 2.24) is 14.0 Å². The minimum Gasteiger partial charge on any atom is -0.494 e. The Balaban J connectivity index is 1.97. The number of carbonyl (C=O) groups excluding carboxylic acids is 2. The molecule has 3 aromatic heterocycles. The zero-order chi connectivity index (χ0) is 27.9. The topological polar surface area (TPSA) is 113 Å². The number of amides is 1. The van der Waals surface area contributed by atoms with Crippen LogP contribution in [0.3, 0.4) is 0 Å². The number of rotatable bonds is 10. The van der Waals surface area contributed by atoms with Gasteiger partial charge in [0, 0.05) is 24.9 Å². The van der Waals surface area contributed by atoms with Crippen molar-refractivity contribution in [2.75, 3.05) is 19.8 Å². The molecule has 0 radical (unpaired) electrons. The molecule has 0 aliphatic rings. The van der Waals surface area contributed by atoms with Crippen LogP contribution in [0.2, 0.25) is 0 Å². The van der Waals surface area contributed by atoms with Crippen molar-refractivity contribution in [2.45, 2.75) is 46.8 Å². The van der Waals surface area contributed by atoms with Gasteiger partial charge in [-0.15, -0.1) is 0 Å². The lowest BCUT2D eigenvalue weighted by molar-refractivity contribution is 0.0523. The molecule has 0 spiro atoms. The molecule has 0 aliphatic heterocycles. The summed E-state index contributed by atoms with van der Waals surface area (Å²) in [5.74, 6) is -0.626. The van der Waals surface area contributed by atoms with Crippen LogP contribution in [-0.4, -0.2) is 51.8 Å². The van der Waals surface area contributed by atoms with E-state index in [9.17, 15) is 14.4 Å². The van der Waals surface area contributed by atoms with Crippen molar-refractivity contribution in [3.05, 3.63) is 81.7 Å². The second kappa shape index (κ2) is 12.5. The lowest BCUT2D eigenvalue weighted by Crippen LogP contribution is -2.33. The van der Waals surface area contributed by atoms with E-state index < -0.39 is 11.9 Å². The van der Waals surface area contributed by atoms with Gasteiger partial charge in [0.15, 0.2) is 5.49 Å². The van der Waals surface area contributed by atoms with Crippen LogP contribution in [0.4, 0.5) is 0 Å². The van der Waals surface area contributed by atoms with E-state index in [1.54, 1.807) is 60.2 Å². The molecule has 0 bridgehead atoms. The third kappa shape index (κ3) is 6.23. The van der Waals surface area contributed by atoms with Crippen LogP contribution in [0.5, 0.6) is 5.75 Å². The molecule has 10 heteroatoms. The van der Waals surface area contributed by atoms with E-state index in [1.807, 2.05) is 20.8 Å². The van der Waals surface area contributed by atoms with Gasteiger partial charge in [-0.05, 0) is 76.6 Å². The van der Waals surface area contributed by atoms with Gasteiger partial charge in [-0.2, -0.15) is 4.99 Å². The summed E-state index contributed by atoms with van der Waals surface area (Å²) in [5, 5.41) is 0.207. The maximum absolute atomic E-state index is 13.5. The van der Waals surface area contributed by atoms with Gasteiger partial charge in [-0.1, -0.05) is 6.07 Å². The van der Waals surface area contributed by atoms with Crippen LogP contribution in [0.25, 0.3) is 16.7 Å². The molecule has 3 heterocycles. The SMILES string of the molecule is CCOC(=O)c1cc2c(=O)n3ccccc3nc2n(CCCOC(C)C)c1=NC(=O)c1ccc(OCC)cc1. The summed E-state index contributed by atoms with van der Waals surface area (Å²) in [7, 11) is 0. The first kappa shape index (κ1) is 27.7. The number of benzene rings is 1. The molecule has 0 atom stereocenters. The maximum atomic E-state index is 13.5. The van der Waals surface area contributed by atoms with Crippen molar-refractivity contribution in [2.24, 2.45) is 4.99 Å². The third-order valence-electron chi connectivity index (χ3n) is 5.88. The van der Waals surface area contributed by atoms with Gasteiger partial charge >= 0.3 is 5.97 Å². The molecule has 4 aromatic rings. The molecule has 39 heavy (non-hydrogen) atoms. The van der Waals surface area contributed by atoms with E-state index in [0.717, 1.165) is 0 Å². The highest BCUT2D eigenvalue weighted by atomic mass is 16.5. The van der Waals surface area contributed by atoms with Gasteiger partial charge in [0.25, 0.3) is 11.5 Å². The number of aromatic nitrogens is 3. The molecule has 1 aromatic carbocycles. The Hall–Kier alpha value is -4.31. The van der Waals surface area contributed by atoms with Crippen LogP contribution in [0.1, 0.15) is 54.8 Å². The fourth-order valence-electron chi connectivity index (χ4n) is 4.13. The fourth-order valence-corrected chi connectivity index (χ4v) is 4.13. The van der Waals surface area contributed by atoms with E-state index in [2.05, 4.69) is 4.99 Å². The number of ether oxygens (including phenoxy) is 3. The number of pyridine rings is 2. The minimum atomic E-state index is -0.692. The van der Waals surface area contributed by atoms with Crippen LogP contribution in [-0.2, 0) is 16.0 Å². The number of fused-ring (bicyclic) bond motifs is 2. The summed E-state index contributed by atoms with van der Waals surface area (Å²) in [6, 6.07) is 13.2. The first-order chi connectivity index (χ1) is 18.8. The number of nitrogens with zero attached hydrogens (tertiary/aromatic N) is 4. The molecule has 0 unspecified atom stereocenters. The Morgan fingerprint density at radius 2 is 1.82 bits per heavy atom. The summed E-state index contributed by atoms with van der Waals surface area (Å²) in [5.41, 5.74) is 0.768. The van der Waals surface area contributed by atoms with Crippen molar-refractivity contribution in [3.8, 4) is 5.75 Å². The van der Waals surface area contributed by atoms with E-state index in [1.165, 1.54) is 10.5 Å². The Kier molecular flexibility index (Phi) is 8.88. The summed E-state index contributed by atoms with van der Waals surface area (Å²) < 4.78 is 19.5. The van der Waals surface area contributed by atoms with E-state index in [4.69, 9.17) is 19.2 Å². The van der Waals surface area contributed by atoms with Crippen LogP contribution in [0.15, 0.2) is 64.5 Å². The summed E-state index contributed by atoms with van der Waals surface area (Å²) in [6.07, 6.45) is 2.18. The number of esters is 1. The molecule has 0 N–H and O–H groups in total. The highest BCUT2D eigenvalue weighted by molar-refractivity contribution is 5.97. The van der Waals surface area contributed by atoms with Crippen molar-refractivity contribution in [1.29, 1.82) is 0 Å². The van der Waals surface area contributed by atoms with Crippen molar-refractivity contribution < 1.29 is 23.8 Å². The monoisotopic (exact) mass is 532 g/mol. The molecule has 204 valence electrons. The molecule has 1 amide bonds. The van der Waals surface area contributed by atoms with Gasteiger partial charge in [-0.25, -0.2) is 9.78 Å². The Morgan fingerprint density at radius 1 is 1.05 bits per heavy atom. The molecular weight excluding hydrogens is 500 g/mol. The Bertz CT molecular complexity index is 1620. The molecule has 0 saturated heterocycles. The molecule has 0 aliphatic carbocycles. The van der Waals surface area contributed by atoms with E-state index in [0.29, 0.717) is 48.8 Å². The maximum Gasteiger partial charge on any atom is 0.341 e. The molecule has 0 saturated carbocycles. The van der Waals surface area contributed by atoms with Gasteiger partial charge in [-0.3, -0.25) is 14.0 Å². The highest BCUT2D eigenvalue weighted by Crippen LogP contribution is 2.15. The lowest BCUT2D eigenvalue weighted by atomic mass is 10.2. The molecular formula is C29H32N4O6. The van der Waals surface area contributed by atoms with Crippen LogP contribution >= 0.6 is 0 Å². The molecule has 10 nitrogen and oxygen atoms in total. The second-order valence-corrected chi connectivity index (χ2v) is 8.98. The van der Waals surface area contributed by atoms with E-state index >= 15 is 0 Å². The average Bonchev–Trinajstić information content (AvgIpc) is 2.92. The third-order valence-corrected chi connectivity index (χ3v) is 5.88. The number of hydrogen-bond acceptors (Lipinski definition) is 7. The number of aryl methyl sites for hydroxylation is 1. The number of carbonyl (C=O) groups is 2. The first-order valence-electron chi connectivity index (χ1n) is 13.0. The summed E-state index contributed by atoms with van der Waals surface area (Å²) in [6.45, 7) is 8.76. The Labute approximate surface area is 225 Å². The zero-order valence-electron chi connectivity index (χ0n) is 22.5. The van der Waals surface area contributed by atoms with Gasteiger partial charge in [0.2, 0.25) is 0 Å². The lowest BCUT2D eigenvalue weighted by Gasteiger charge is -2.15. The number of hydrogen-bond donors (Lipinski definition) is 0. The zero-order valence-corrected chi connectivity index (χ0v) is 22.5. The minimum absolute atomic E-state index is 0.00296. The van der Waals surface area contributed by atoms with Gasteiger partial charge < -0.3 is 18.8 Å². The highest BCUT2D eigenvalue weighted by Gasteiger charge is 2.20. The average molecular weight is 533 g/mol. The fraction of sp³-hybridized carbons (Fsp3) is 0.345. The van der Waals surface area contributed by atoms with Crippen molar-refractivity contribution >= 4 is 28.6 Å². The van der Waals surface area contributed by atoms with Gasteiger partial charge in [0.05, 0.1) is 24.7 Å². The quantitative estimate of drug-likeness (QED) is 0.173. The predicted octanol–water partition coefficient (Wildman–Crippen LogP) is 3.78. The molecule has 0 fully saturated rings. The van der Waals surface area contributed by atoms with E-state index in [-0.39, 0.29) is 34.7 Å². The predicted molar refractivity (Wildman–Crippen MR) is 146 cm³/mol. The largest absolute Gasteiger partial charge is 0.494 e. The second-order valence-electron chi connectivity index (χ2n) is 8.98. The summed E-state index contributed by atoms with van der Waals surface area (Å²) >= 11 is 0. The van der Waals surface area contributed by atoms with Crippen LogP contribution < -0.4 is 15.8 Å². The normalized spacial score (nSPS) is 11.9. The van der Waals surface area contributed by atoms with Crippen molar-refractivity contribution in [3.63, 3.8) is 0 Å².